The van der Waals surface area contributed by atoms with Crippen molar-refractivity contribution in [3.63, 3.8) is 0 Å². The van der Waals surface area contributed by atoms with Crippen LogP contribution in [0.3, 0.4) is 0 Å². The number of hydrogen-bond acceptors (Lipinski definition) is 2. The Bertz CT molecular complexity index is 360. The van der Waals surface area contributed by atoms with E-state index in [9.17, 15) is 0 Å². The second-order valence-corrected chi connectivity index (χ2v) is 5.09. The Morgan fingerprint density at radius 1 is 1.28 bits per heavy atom. The summed E-state index contributed by atoms with van der Waals surface area (Å²) in [7, 11) is 0. The molecule has 0 saturated carbocycles. The van der Waals surface area contributed by atoms with Crippen LogP contribution in [0.1, 0.15) is 51.2 Å². The summed E-state index contributed by atoms with van der Waals surface area (Å²) in [6.45, 7) is 10.7. The van der Waals surface area contributed by atoms with Gasteiger partial charge >= 0.3 is 0 Å². The van der Waals surface area contributed by atoms with Crippen LogP contribution >= 0.6 is 0 Å². The Balaban J connectivity index is 3.10. The molecule has 102 valence electrons. The van der Waals surface area contributed by atoms with E-state index in [0.29, 0.717) is 12.6 Å². The fourth-order valence-corrected chi connectivity index (χ4v) is 2.40. The third-order valence-electron chi connectivity index (χ3n) is 3.70. The Morgan fingerprint density at radius 3 is 2.56 bits per heavy atom. The van der Waals surface area contributed by atoms with E-state index in [1.54, 1.807) is 0 Å². The molecule has 0 heterocycles. The van der Waals surface area contributed by atoms with Crippen molar-refractivity contribution in [1.29, 1.82) is 0 Å². The van der Waals surface area contributed by atoms with Crippen molar-refractivity contribution in [2.45, 2.75) is 59.5 Å². The first-order chi connectivity index (χ1) is 8.65. The summed E-state index contributed by atoms with van der Waals surface area (Å²) < 4.78 is 0. The van der Waals surface area contributed by atoms with Gasteiger partial charge in [0.05, 0.1) is 0 Å². The van der Waals surface area contributed by atoms with Crippen LogP contribution in [-0.4, -0.2) is 12.6 Å². The summed E-state index contributed by atoms with van der Waals surface area (Å²) in [5.74, 6) is 0. The van der Waals surface area contributed by atoms with Gasteiger partial charge in [0.2, 0.25) is 0 Å². The Kier molecular flexibility index (Phi) is 6.20. The molecule has 0 aliphatic rings. The van der Waals surface area contributed by atoms with Crippen molar-refractivity contribution in [3.05, 3.63) is 29.3 Å². The number of benzene rings is 1. The molecule has 0 aliphatic heterocycles. The molecule has 18 heavy (non-hydrogen) atoms. The monoisotopic (exact) mass is 248 g/mol. The maximum atomic E-state index is 5.90. The molecule has 1 aromatic rings. The standard InChI is InChI=1S/C16H28N2/c1-5-7-11-18(14(4)6-2)16-13(3)9-8-10-15(16)12-17/h8-10,14H,5-7,11-12,17H2,1-4H3. The van der Waals surface area contributed by atoms with E-state index < -0.39 is 0 Å². The van der Waals surface area contributed by atoms with Gasteiger partial charge in [-0.05, 0) is 37.8 Å². The van der Waals surface area contributed by atoms with Crippen molar-refractivity contribution >= 4 is 5.69 Å². The lowest BCUT2D eigenvalue weighted by Crippen LogP contribution is -2.35. The minimum atomic E-state index is 0.572. The number of hydrogen-bond donors (Lipinski definition) is 1. The molecule has 0 bridgehead atoms. The summed E-state index contributed by atoms with van der Waals surface area (Å²) in [4.78, 5) is 2.54. The van der Waals surface area contributed by atoms with Gasteiger partial charge in [0.25, 0.3) is 0 Å². The van der Waals surface area contributed by atoms with Crippen molar-refractivity contribution in [2.24, 2.45) is 5.73 Å². The zero-order valence-corrected chi connectivity index (χ0v) is 12.4. The second-order valence-electron chi connectivity index (χ2n) is 5.09. The quantitative estimate of drug-likeness (QED) is 0.794. The smallest absolute Gasteiger partial charge is 0.0443 e. The van der Waals surface area contributed by atoms with Crippen LogP contribution in [-0.2, 0) is 6.54 Å². The van der Waals surface area contributed by atoms with Crippen molar-refractivity contribution in [3.8, 4) is 0 Å². The fourth-order valence-electron chi connectivity index (χ4n) is 2.40. The van der Waals surface area contributed by atoms with Crippen LogP contribution in [0.25, 0.3) is 0 Å². The zero-order chi connectivity index (χ0) is 13.5. The number of unbranched alkanes of at least 4 members (excludes halogenated alkanes) is 1. The molecule has 2 heteroatoms. The molecule has 1 unspecified atom stereocenters. The van der Waals surface area contributed by atoms with Gasteiger partial charge in [0.1, 0.15) is 0 Å². The van der Waals surface area contributed by atoms with Gasteiger partial charge in [-0.3, -0.25) is 0 Å². The number of nitrogens with two attached hydrogens (primary N) is 1. The van der Waals surface area contributed by atoms with Crippen LogP contribution in [0, 0.1) is 6.92 Å². The Hall–Kier alpha value is -1.02. The summed E-state index contributed by atoms with van der Waals surface area (Å²) in [5.41, 5.74) is 9.88. The number of anilines is 1. The van der Waals surface area contributed by atoms with Gasteiger partial charge in [-0.1, -0.05) is 38.5 Å². The average molecular weight is 248 g/mol. The minimum absolute atomic E-state index is 0.572. The molecule has 0 amide bonds. The van der Waals surface area contributed by atoms with E-state index in [1.807, 2.05) is 0 Å². The Labute approximate surface area is 112 Å². The first-order valence-electron chi connectivity index (χ1n) is 7.20. The summed E-state index contributed by atoms with van der Waals surface area (Å²) in [6.07, 6.45) is 3.64. The van der Waals surface area contributed by atoms with Crippen LogP contribution in [0.4, 0.5) is 5.69 Å². The van der Waals surface area contributed by atoms with Gasteiger partial charge < -0.3 is 10.6 Å². The Morgan fingerprint density at radius 2 is 2.00 bits per heavy atom. The first kappa shape index (κ1) is 15.0. The predicted octanol–water partition coefficient (Wildman–Crippen LogP) is 3.86. The number of nitrogens with zero attached hydrogens (tertiary/aromatic N) is 1. The van der Waals surface area contributed by atoms with Gasteiger partial charge in [-0.25, -0.2) is 0 Å². The lowest BCUT2D eigenvalue weighted by molar-refractivity contribution is 0.592. The lowest BCUT2D eigenvalue weighted by Gasteiger charge is -2.34. The van der Waals surface area contributed by atoms with Gasteiger partial charge in [-0.15, -0.1) is 0 Å². The van der Waals surface area contributed by atoms with Crippen LogP contribution in [0.15, 0.2) is 18.2 Å². The van der Waals surface area contributed by atoms with E-state index in [0.717, 1.165) is 6.54 Å². The highest BCUT2D eigenvalue weighted by atomic mass is 15.2. The zero-order valence-electron chi connectivity index (χ0n) is 12.4. The van der Waals surface area contributed by atoms with Gasteiger partial charge in [0.15, 0.2) is 0 Å². The molecule has 0 saturated heterocycles. The van der Waals surface area contributed by atoms with E-state index in [2.05, 4.69) is 50.8 Å². The molecular weight excluding hydrogens is 220 g/mol. The van der Waals surface area contributed by atoms with E-state index in [1.165, 1.54) is 36.1 Å². The van der Waals surface area contributed by atoms with Crippen LogP contribution in [0.5, 0.6) is 0 Å². The SMILES string of the molecule is CCCCN(c1c(C)cccc1CN)C(C)CC. The van der Waals surface area contributed by atoms with Crippen molar-refractivity contribution in [2.75, 3.05) is 11.4 Å². The van der Waals surface area contributed by atoms with E-state index in [4.69, 9.17) is 5.73 Å². The molecular formula is C16H28N2. The molecule has 1 rings (SSSR count). The highest BCUT2D eigenvalue weighted by Gasteiger charge is 2.17. The summed E-state index contributed by atoms with van der Waals surface area (Å²) in [6, 6.07) is 7.03. The molecule has 0 radical (unpaired) electrons. The van der Waals surface area contributed by atoms with Gasteiger partial charge in [0, 0.05) is 24.8 Å². The predicted molar refractivity (Wildman–Crippen MR) is 81.1 cm³/mol. The van der Waals surface area contributed by atoms with Crippen molar-refractivity contribution in [1.82, 2.24) is 0 Å². The largest absolute Gasteiger partial charge is 0.368 e. The summed E-state index contributed by atoms with van der Waals surface area (Å²) >= 11 is 0. The second kappa shape index (κ2) is 7.42. The normalized spacial score (nSPS) is 12.5. The number of para-hydroxylation sites is 1. The molecule has 1 aromatic carbocycles. The maximum Gasteiger partial charge on any atom is 0.0443 e. The van der Waals surface area contributed by atoms with E-state index in [-0.39, 0.29) is 0 Å². The van der Waals surface area contributed by atoms with Crippen molar-refractivity contribution < 1.29 is 0 Å². The number of rotatable bonds is 7. The molecule has 0 spiro atoms. The fraction of sp³-hybridized carbons (Fsp3) is 0.625. The number of aryl methyl sites for hydroxylation is 1. The highest BCUT2D eigenvalue weighted by Crippen LogP contribution is 2.28. The third-order valence-corrected chi connectivity index (χ3v) is 3.70. The topological polar surface area (TPSA) is 29.3 Å². The maximum absolute atomic E-state index is 5.90. The molecule has 0 aromatic heterocycles. The summed E-state index contributed by atoms with van der Waals surface area (Å²) in [5, 5.41) is 0. The molecule has 2 nitrogen and oxygen atoms in total. The molecule has 2 N–H and O–H groups in total. The molecule has 0 fully saturated rings. The third kappa shape index (κ3) is 3.49. The molecule has 1 atom stereocenters. The van der Waals surface area contributed by atoms with Gasteiger partial charge in [-0.2, -0.15) is 0 Å². The van der Waals surface area contributed by atoms with E-state index >= 15 is 0 Å². The minimum Gasteiger partial charge on any atom is -0.368 e. The highest BCUT2D eigenvalue weighted by molar-refractivity contribution is 5.60. The van der Waals surface area contributed by atoms with Crippen LogP contribution in [0.2, 0.25) is 0 Å². The lowest BCUT2D eigenvalue weighted by atomic mass is 10.0. The average Bonchev–Trinajstić information content (AvgIpc) is 2.39. The van der Waals surface area contributed by atoms with Crippen LogP contribution < -0.4 is 10.6 Å². The molecule has 0 aliphatic carbocycles. The first-order valence-corrected chi connectivity index (χ1v) is 7.20.